The highest BCUT2D eigenvalue weighted by Gasteiger charge is 2.16. The van der Waals surface area contributed by atoms with Crippen molar-refractivity contribution in [3.63, 3.8) is 0 Å². The molecule has 1 atom stereocenters. The van der Waals surface area contributed by atoms with E-state index in [2.05, 4.69) is 38.2 Å². The molecule has 82 valence electrons. The zero-order valence-corrected chi connectivity index (χ0v) is 10.5. The number of likely N-dealkylation sites (N-methyl/N-ethyl adjacent to an activating group) is 1. The van der Waals surface area contributed by atoms with Crippen LogP contribution >= 0.6 is 15.9 Å². The highest BCUT2D eigenvalue weighted by atomic mass is 79.9. The van der Waals surface area contributed by atoms with E-state index >= 15 is 0 Å². The summed E-state index contributed by atoms with van der Waals surface area (Å²) in [5.74, 6) is 0. The van der Waals surface area contributed by atoms with Gasteiger partial charge in [0.2, 0.25) is 0 Å². The molecule has 3 nitrogen and oxygen atoms in total. The number of nitrogens with zero attached hydrogens (tertiary/aromatic N) is 2. The Hall–Kier alpha value is -0.610. The third-order valence-corrected chi connectivity index (χ3v) is 3.43. The molecule has 1 aromatic rings. The first-order valence-corrected chi connectivity index (χ1v) is 6.10. The van der Waals surface area contributed by atoms with Crippen LogP contribution in [0.25, 0.3) is 0 Å². The molecule has 0 aliphatic carbocycles. The fourth-order valence-electron chi connectivity index (χ4n) is 2.02. The standard InChI is InChI=1S/C11H16BrN3/c1-15(8-9-3-2-5-14-9)11-4-6-13-7-10(11)12/h4,6-7,9,14H,2-3,5,8H2,1H3. The lowest BCUT2D eigenvalue weighted by atomic mass is 10.2. The van der Waals surface area contributed by atoms with Gasteiger partial charge in [0.25, 0.3) is 0 Å². The number of aromatic nitrogens is 1. The molecule has 1 aliphatic heterocycles. The van der Waals surface area contributed by atoms with E-state index in [0.29, 0.717) is 6.04 Å². The Morgan fingerprint density at radius 2 is 2.53 bits per heavy atom. The molecule has 4 heteroatoms. The van der Waals surface area contributed by atoms with Crippen molar-refractivity contribution in [3.05, 3.63) is 22.9 Å². The molecule has 0 bridgehead atoms. The second-order valence-electron chi connectivity index (χ2n) is 4.00. The van der Waals surface area contributed by atoms with E-state index in [1.807, 2.05) is 18.5 Å². The van der Waals surface area contributed by atoms with Gasteiger partial charge in [0, 0.05) is 32.0 Å². The second-order valence-corrected chi connectivity index (χ2v) is 4.86. The normalized spacial score (nSPS) is 20.5. The summed E-state index contributed by atoms with van der Waals surface area (Å²) in [6, 6.07) is 2.68. The van der Waals surface area contributed by atoms with Gasteiger partial charge in [0.15, 0.2) is 0 Å². The predicted molar refractivity (Wildman–Crippen MR) is 66.2 cm³/mol. The van der Waals surface area contributed by atoms with Crippen molar-refractivity contribution in [1.29, 1.82) is 0 Å². The molecule has 2 rings (SSSR count). The summed E-state index contributed by atoms with van der Waals surface area (Å²) in [5, 5.41) is 3.50. The average molecular weight is 270 g/mol. The van der Waals surface area contributed by atoms with Crippen LogP contribution in [0.4, 0.5) is 5.69 Å². The van der Waals surface area contributed by atoms with Crippen LogP contribution in [0.5, 0.6) is 0 Å². The van der Waals surface area contributed by atoms with E-state index in [0.717, 1.165) is 17.6 Å². The van der Waals surface area contributed by atoms with Crippen LogP contribution in [0, 0.1) is 0 Å². The minimum Gasteiger partial charge on any atom is -0.372 e. The van der Waals surface area contributed by atoms with Crippen molar-refractivity contribution in [2.24, 2.45) is 0 Å². The van der Waals surface area contributed by atoms with Crippen LogP contribution in [0.15, 0.2) is 22.9 Å². The number of hydrogen-bond acceptors (Lipinski definition) is 3. The predicted octanol–water partition coefficient (Wildman–Crippen LogP) is 2.03. The smallest absolute Gasteiger partial charge is 0.0592 e. The number of rotatable bonds is 3. The fraction of sp³-hybridized carbons (Fsp3) is 0.545. The van der Waals surface area contributed by atoms with Crippen molar-refractivity contribution >= 4 is 21.6 Å². The van der Waals surface area contributed by atoms with E-state index in [4.69, 9.17) is 0 Å². The Morgan fingerprint density at radius 3 is 3.20 bits per heavy atom. The van der Waals surface area contributed by atoms with Crippen molar-refractivity contribution < 1.29 is 0 Å². The lowest BCUT2D eigenvalue weighted by Crippen LogP contribution is -2.35. The Bertz CT molecular complexity index is 323. The van der Waals surface area contributed by atoms with Crippen molar-refractivity contribution in [2.75, 3.05) is 25.0 Å². The van der Waals surface area contributed by atoms with E-state index in [1.165, 1.54) is 18.5 Å². The number of halogens is 1. The fourth-order valence-corrected chi connectivity index (χ4v) is 2.57. The summed E-state index contributed by atoms with van der Waals surface area (Å²) >= 11 is 3.52. The van der Waals surface area contributed by atoms with E-state index < -0.39 is 0 Å². The molecule has 1 aliphatic rings. The molecule has 0 radical (unpaired) electrons. The van der Waals surface area contributed by atoms with Crippen molar-refractivity contribution in [2.45, 2.75) is 18.9 Å². The monoisotopic (exact) mass is 269 g/mol. The van der Waals surface area contributed by atoms with E-state index in [-0.39, 0.29) is 0 Å². The third-order valence-electron chi connectivity index (χ3n) is 2.82. The minimum atomic E-state index is 0.634. The third kappa shape index (κ3) is 2.69. The SMILES string of the molecule is CN(CC1CCCN1)c1ccncc1Br. The lowest BCUT2D eigenvalue weighted by molar-refractivity contribution is 0.599. The van der Waals surface area contributed by atoms with Gasteiger partial charge in [0.05, 0.1) is 10.2 Å². The molecule has 0 amide bonds. The summed E-state index contributed by atoms with van der Waals surface area (Å²) in [6.07, 6.45) is 6.26. The lowest BCUT2D eigenvalue weighted by Gasteiger charge is -2.24. The number of nitrogens with one attached hydrogen (secondary N) is 1. The van der Waals surface area contributed by atoms with Crippen molar-refractivity contribution in [3.8, 4) is 0 Å². The van der Waals surface area contributed by atoms with Crippen LogP contribution in [-0.2, 0) is 0 Å². The van der Waals surface area contributed by atoms with Crippen molar-refractivity contribution in [1.82, 2.24) is 10.3 Å². The Labute approximate surface area is 99.0 Å². The molecular weight excluding hydrogens is 254 g/mol. The van der Waals surface area contributed by atoms with Gasteiger partial charge in [-0.15, -0.1) is 0 Å². The first-order valence-electron chi connectivity index (χ1n) is 5.31. The highest BCUT2D eigenvalue weighted by Crippen LogP contribution is 2.24. The average Bonchev–Trinajstić information content (AvgIpc) is 2.71. The zero-order valence-electron chi connectivity index (χ0n) is 8.91. The summed E-state index contributed by atoms with van der Waals surface area (Å²) < 4.78 is 1.06. The quantitative estimate of drug-likeness (QED) is 0.911. The maximum Gasteiger partial charge on any atom is 0.0592 e. The molecule has 1 fully saturated rings. The zero-order chi connectivity index (χ0) is 10.7. The molecule has 1 unspecified atom stereocenters. The largest absolute Gasteiger partial charge is 0.372 e. The van der Waals surface area contributed by atoms with Gasteiger partial charge in [-0.2, -0.15) is 0 Å². The molecular formula is C11H16BrN3. The molecule has 1 saturated heterocycles. The summed E-state index contributed by atoms with van der Waals surface area (Å²) in [4.78, 5) is 6.34. The molecule has 15 heavy (non-hydrogen) atoms. The molecule has 0 aromatic carbocycles. The molecule has 0 spiro atoms. The van der Waals surface area contributed by atoms with E-state index in [1.54, 1.807) is 0 Å². The van der Waals surface area contributed by atoms with Gasteiger partial charge in [-0.05, 0) is 41.4 Å². The molecule has 1 aromatic heterocycles. The molecule has 0 saturated carbocycles. The van der Waals surface area contributed by atoms with Crippen LogP contribution in [0.2, 0.25) is 0 Å². The summed E-state index contributed by atoms with van der Waals surface area (Å²) in [5.41, 5.74) is 1.21. The summed E-state index contributed by atoms with van der Waals surface area (Å²) in [6.45, 7) is 2.22. The van der Waals surface area contributed by atoms with Crippen LogP contribution in [-0.4, -0.2) is 31.2 Å². The van der Waals surface area contributed by atoms with E-state index in [9.17, 15) is 0 Å². The first-order chi connectivity index (χ1) is 7.27. The maximum atomic E-state index is 4.07. The Balaban J connectivity index is 2.00. The number of pyridine rings is 1. The highest BCUT2D eigenvalue weighted by molar-refractivity contribution is 9.10. The molecule has 2 heterocycles. The Kier molecular flexibility index (Phi) is 3.59. The van der Waals surface area contributed by atoms with Crippen LogP contribution in [0.1, 0.15) is 12.8 Å². The summed E-state index contributed by atoms with van der Waals surface area (Å²) in [7, 11) is 2.13. The van der Waals surface area contributed by atoms with Gasteiger partial charge in [0.1, 0.15) is 0 Å². The van der Waals surface area contributed by atoms with Gasteiger partial charge >= 0.3 is 0 Å². The van der Waals surface area contributed by atoms with Gasteiger partial charge in [-0.25, -0.2) is 0 Å². The Morgan fingerprint density at radius 1 is 1.67 bits per heavy atom. The van der Waals surface area contributed by atoms with Gasteiger partial charge in [-0.3, -0.25) is 4.98 Å². The second kappa shape index (κ2) is 4.94. The number of anilines is 1. The maximum absolute atomic E-state index is 4.07. The van der Waals surface area contributed by atoms with Crippen LogP contribution < -0.4 is 10.2 Å². The first kappa shape index (κ1) is 10.9. The van der Waals surface area contributed by atoms with Crippen LogP contribution in [0.3, 0.4) is 0 Å². The minimum absolute atomic E-state index is 0.634. The number of hydrogen-bond donors (Lipinski definition) is 1. The van der Waals surface area contributed by atoms with Gasteiger partial charge < -0.3 is 10.2 Å². The van der Waals surface area contributed by atoms with Gasteiger partial charge in [-0.1, -0.05) is 0 Å². The molecule has 1 N–H and O–H groups in total. The topological polar surface area (TPSA) is 28.2 Å².